The van der Waals surface area contributed by atoms with E-state index in [0.717, 1.165) is 31.2 Å². The smallest absolute Gasteiger partial charge is 0.306 e. The summed E-state index contributed by atoms with van der Waals surface area (Å²) in [6.07, 6.45) is 9.71. The fourth-order valence-corrected chi connectivity index (χ4v) is 3.81. The van der Waals surface area contributed by atoms with Crippen LogP contribution in [0, 0.1) is 12.3 Å². The molecule has 1 aliphatic carbocycles. The second-order valence-corrected chi connectivity index (χ2v) is 9.08. The summed E-state index contributed by atoms with van der Waals surface area (Å²) in [5, 5.41) is 0. The Morgan fingerprint density at radius 2 is 1.71 bits per heavy atom. The topological polar surface area (TPSA) is 107 Å². The van der Waals surface area contributed by atoms with Crippen molar-refractivity contribution < 1.29 is 22.5 Å². The molecule has 6 nitrogen and oxygen atoms in total. The van der Waals surface area contributed by atoms with Gasteiger partial charge in [0.2, 0.25) is 0 Å². The summed E-state index contributed by atoms with van der Waals surface area (Å²) in [6, 6.07) is 5.99. The molecule has 0 aromatic heterocycles. The second-order valence-electron chi connectivity index (χ2n) is 7.66. The quantitative estimate of drug-likeness (QED) is 0.299. The zero-order valence-electron chi connectivity index (χ0n) is 17.2. The average Bonchev–Trinajstić information content (AvgIpc) is 2.88. The minimum atomic E-state index is -4.02. The Hall–Kier alpha value is -1.44. The van der Waals surface area contributed by atoms with Crippen LogP contribution in [0.5, 0.6) is 0 Å². The lowest BCUT2D eigenvalue weighted by atomic mass is 9.77. The summed E-state index contributed by atoms with van der Waals surface area (Å²) >= 11 is 0. The Kier molecular flexibility index (Phi) is 10.7. The van der Waals surface area contributed by atoms with Crippen LogP contribution in [0.3, 0.4) is 0 Å². The van der Waals surface area contributed by atoms with Gasteiger partial charge in [-0.05, 0) is 50.3 Å². The Bertz CT molecular complexity index is 677. The number of ether oxygens (including phenoxy) is 1. The van der Waals surface area contributed by atoms with Crippen molar-refractivity contribution in [3.05, 3.63) is 29.8 Å². The molecule has 28 heavy (non-hydrogen) atoms. The Balaban J connectivity index is 0.000000307. The van der Waals surface area contributed by atoms with E-state index in [-0.39, 0.29) is 16.3 Å². The first kappa shape index (κ1) is 24.6. The fourth-order valence-electron chi connectivity index (χ4n) is 3.33. The zero-order chi connectivity index (χ0) is 21.0. The number of unbranched alkanes of at least 4 members (excludes halogenated alkanes) is 1. The molecule has 0 aliphatic heterocycles. The molecule has 0 radical (unpaired) electrons. The van der Waals surface area contributed by atoms with Crippen molar-refractivity contribution in [3.63, 3.8) is 0 Å². The summed E-state index contributed by atoms with van der Waals surface area (Å²) in [7, 11) is -4.02. The SMILES string of the molecule is CCCCOC(=O)CC1(CN)CCCCCC1.Cc1ccc(S(=O)(=O)O)cc1. The summed E-state index contributed by atoms with van der Waals surface area (Å²) < 4.78 is 34.8. The van der Waals surface area contributed by atoms with E-state index in [0.29, 0.717) is 19.6 Å². The van der Waals surface area contributed by atoms with Gasteiger partial charge in [0.05, 0.1) is 17.9 Å². The van der Waals surface area contributed by atoms with Crippen LogP contribution in [-0.2, 0) is 19.6 Å². The van der Waals surface area contributed by atoms with E-state index in [1.165, 1.54) is 37.8 Å². The highest BCUT2D eigenvalue weighted by Gasteiger charge is 2.32. The molecule has 0 bridgehead atoms. The van der Waals surface area contributed by atoms with Crippen LogP contribution in [0.1, 0.15) is 70.3 Å². The molecule has 1 aliphatic rings. The number of rotatable bonds is 7. The summed E-state index contributed by atoms with van der Waals surface area (Å²) in [6.45, 7) is 5.13. The van der Waals surface area contributed by atoms with Crippen molar-refractivity contribution in [1.29, 1.82) is 0 Å². The van der Waals surface area contributed by atoms with Crippen molar-refractivity contribution in [1.82, 2.24) is 0 Å². The number of nitrogens with two attached hydrogens (primary N) is 1. The van der Waals surface area contributed by atoms with Crippen LogP contribution in [0.15, 0.2) is 29.2 Å². The number of esters is 1. The maximum absolute atomic E-state index is 11.8. The van der Waals surface area contributed by atoms with Gasteiger partial charge in [-0.25, -0.2) is 0 Å². The molecule has 0 unspecified atom stereocenters. The Morgan fingerprint density at radius 3 is 2.18 bits per heavy atom. The number of benzene rings is 1. The third-order valence-corrected chi connectivity index (χ3v) is 6.06. The summed E-state index contributed by atoms with van der Waals surface area (Å²) in [4.78, 5) is 11.7. The first-order valence-electron chi connectivity index (χ1n) is 10.1. The minimum absolute atomic E-state index is 0.0276. The van der Waals surface area contributed by atoms with E-state index in [1.54, 1.807) is 12.1 Å². The molecule has 0 amide bonds. The van der Waals surface area contributed by atoms with E-state index >= 15 is 0 Å². The number of hydrogen-bond donors (Lipinski definition) is 2. The van der Waals surface area contributed by atoms with E-state index < -0.39 is 10.1 Å². The van der Waals surface area contributed by atoms with Crippen molar-refractivity contribution in [2.45, 2.75) is 76.5 Å². The van der Waals surface area contributed by atoms with Gasteiger partial charge in [0, 0.05) is 0 Å². The summed E-state index contributed by atoms with van der Waals surface area (Å²) in [5.41, 5.74) is 6.89. The highest BCUT2D eigenvalue weighted by molar-refractivity contribution is 7.85. The number of carbonyl (C=O) groups excluding carboxylic acids is 1. The third-order valence-electron chi connectivity index (χ3n) is 5.20. The standard InChI is InChI=1S/C14H27NO2.C7H8O3S/c1-2-3-10-17-13(16)11-14(12-15)8-6-4-5-7-9-14;1-6-2-4-7(5-3-6)11(8,9)10/h2-12,15H2,1H3;2-5H,1H3,(H,8,9,10). The molecule has 0 heterocycles. The number of hydrogen-bond acceptors (Lipinski definition) is 5. The molecule has 1 saturated carbocycles. The van der Waals surface area contributed by atoms with Crippen LogP contribution in [0.25, 0.3) is 0 Å². The molecule has 0 atom stereocenters. The lowest BCUT2D eigenvalue weighted by Gasteiger charge is -2.30. The molecular formula is C21H35NO5S. The maximum Gasteiger partial charge on any atom is 0.306 e. The predicted molar refractivity (Wildman–Crippen MR) is 111 cm³/mol. The molecule has 3 N–H and O–H groups in total. The highest BCUT2D eigenvalue weighted by atomic mass is 32.2. The van der Waals surface area contributed by atoms with Gasteiger partial charge in [0.25, 0.3) is 10.1 Å². The maximum atomic E-state index is 11.8. The van der Waals surface area contributed by atoms with E-state index in [4.69, 9.17) is 15.0 Å². The minimum Gasteiger partial charge on any atom is -0.466 e. The van der Waals surface area contributed by atoms with E-state index in [2.05, 4.69) is 6.92 Å². The first-order valence-corrected chi connectivity index (χ1v) is 11.6. The average molecular weight is 414 g/mol. The van der Waals surface area contributed by atoms with Crippen molar-refractivity contribution in [3.8, 4) is 0 Å². The van der Waals surface area contributed by atoms with Gasteiger partial charge in [0.15, 0.2) is 0 Å². The van der Waals surface area contributed by atoms with E-state index in [1.807, 2.05) is 6.92 Å². The van der Waals surface area contributed by atoms with Crippen LogP contribution < -0.4 is 5.73 Å². The third kappa shape index (κ3) is 9.17. The van der Waals surface area contributed by atoms with Crippen LogP contribution >= 0.6 is 0 Å². The number of aryl methyl sites for hydroxylation is 1. The van der Waals surface area contributed by atoms with Crippen LogP contribution in [0.4, 0.5) is 0 Å². The largest absolute Gasteiger partial charge is 0.466 e. The van der Waals surface area contributed by atoms with Crippen molar-refractivity contribution in [2.24, 2.45) is 11.1 Å². The van der Waals surface area contributed by atoms with Gasteiger partial charge >= 0.3 is 5.97 Å². The van der Waals surface area contributed by atoms with Gasteiger partial charge in [-0.2, -0.15) is 8.42 Å². The van der Waals surface area contributed by atoms with Gasteiger partial charge in [0.1, 0.15) is 0 Å². The fraction of sp³-hybridized carbons (Fsp3) is 0.667. The number of carbonyl (C=O) groups is 1. The van der Waals surface area contributed by atoms with Crippen molar-refractivity contribution >= 4 is 16.1 Å². The van der Waals surface area contributed by atoms with Crippen LogP contribution in [0.2, 0.25) is 0 Å². The Labute approximate surface area is 169 Å². The molecule has 160 valence electrons. The molecule has 0 saturated heterocycles. The highest BCUT2D eigenvalue weighted by Crippen LogP contribution is 2.37. The molecule has 7 heteroatoms. The van der Waals surface area contributed by atoms with Gasteiger partial charge < -0.3 is 10.5 Å². The van der Waals surface area contributed by atoms with Crippen molar-refractivity contribution in [2.75, 3.05) is 13.2 Å². The first-order chi connectivity index (χ1) is 13.2. The zero-order valence-corrected chi connectivity index (χ0v) is 18.0. The van der Waals surface area contributed by atoms with Crippen LogP contribution in [-0.4, -0.2) is 32.1 Å². The van der Waals surface area contributed by atoms with Gasteiger partial charge in [-0.1, -0.05) is 56.7 Å². The second kappa shape index (κ2) is 12.2. The summed E-state index contributed by atoms with van der Waals surface area (Å²) in [5.74, 6) is -0.0502. The molecule has 0 spiro atoms. The lowest BCUT2D eigenvalue weighted by molar-refractivity contribution is -0.146. The lowest BCUT2D eigenvalue weighted by Crippen LogP contribution is -2.33. The van der Waals surface area contributed by atoms with E-state index in [9.17, 15) is 13.2 Å². The molecule has 1 aromatic carbocycles. The Morgan fingerprint density at radius 1 is 1.14 bits per heavy atom. The predicted octanol–water partition coefficient (Wildman–Crippen LogP) is 4.26. The van der Waals surface area contributed by atoms with Gasteiger partial charge in [-0.3, -0.25) is 9.35 Å². The van der Waals surface area contributed by atoms with Gasteiger partial charge in [-0.15, -0.1) is 0 Å². The normalized spacial score (nSPS) is 16.4. The molecule has 2 rings (SSSR count). The molecule has 1 fully saturated rings. The molecule has 1 aromatic rings. The molecular weight excluding hydrogens is 378 g/mol. The monoisotopic (exact) mass is 413 g/mol.